The van der Waals surface area contributed by atoms with Gasteiger partial charge in [0.25, 0.3) is 0 Å². The Morgan fingerprint density at radius 1 is 1.54 bits per heavy atom. The first-order valence-corrected chi connectivity index (χ1v) is 5.00. The largest absolute Gasteiger partial charge is 0.393 e. The molecule has 1 aliphatic carbocycles. The third-order valence-electron chi connectivity index (χ3n) is 2.69. The molecule has 0 saturated carbocycles. The molecule has 0 unspecified atom stereocenters. The number of aromatic amines is 1. The lowest BCUT2D eigenvalue weighted by Crippen LogP contribution is -2.02. The maximum Gasteiger partial charge on any atom is 0.0657 e. The number of fused-ring (bicyclic) bond motifs is 1. The van der Waals surface area contributed by atoms with E-state index in [1.54, 1.807) is 0 Å². The first-order valence-electron chi connectivity index (χ1n) is 5.00. The van der Waals surface area contributed by atoms with Crippen LogP contribution in [-0.2, 0) is 19.3 Å². The third kappa shape index (κ3) is 1.75. The summed E-state index contributed by atoms with van der Waals surface area (Å²) in [6.07, 6.45) is 5.08. The number of aliphatic hydroxyl groups excluding tert-OH is 1. The van der Waals surface area contributed by atoms with Crippen LogP contribution in [-0.4, -0.2) is 21.4 Å². The van der Waals surface area contributed by atoms with Gasteiger partial charge in [-0.1, -0.05) is 0 Å². The SMILES string of the molecule is C[C@@H](O)CCc1n[nH]c2c1CCC2. The van der Waals surface area contributed by atoms with E-state index in [2.05, 4.69) is 10.2 Å². The third-order valence-corrected chi connectivity index (χ3v) is 2.69. The Morgan fingerprint density at radius 2 is 2.38 bits per heavy atom. The van der Waals surface area contributed by atoms with Crippen LogP contribution >= 0.6 is 0 Å². The van der Waals surface area contributed by atoms with Crippen LogP contribution in [0.3, 0.4) is 0 Å². The van der Waals surface area contributed by atoms with Crippen LogP contribution in [0.1, 0.15) is 36.7 Å². The van der Waals surface area contributed by atoms with Gasteiger partial charge < -0.3 is 5.11 Å². The highest BCUT2D eigenvalue weighted by molar-refractivity contribution is 5.29. The first kappa shape index (κ1) is 8.75. The van der Waals surface area contributed by atoms with E-state index in [4.69, 9.17) is 5.11 Å². The second-order valence-electron chi connectivity index (χ2n) is 3.87. The molecule has 0 radical (unpaired) electrons. The summed E-state index contributed by atoms with van der Waals surface area (Å²) in [5.41, 5.74) is 3.91. The van der Waals surface area contributed by atoms with Gasteiger partial charge in [0.1, 0.15) is 0 Å². The molecule has 0 aromatic carbocycles. The van der Waals surface area contributed by atoms with Gasteiger partial charge in [0.2, 0.25) is 0 Å². The normalized spacial score (nSPS) is 17.4. The van der Waals surface area contributed by atoms with Crippen LogP contribution in [0.25, 0.3) is 0 Å². The molecular formula is C10H16N2O. The molecular weight excluding hydrogens is 164 g/mol. The zero-order valence-corrected chi connectivity index (χ0v) is 8.01. The lowest BCUT2D eigenvalue weighted by Gasteiger charge is -2.02. The summed E-state index contributed by atoms with van der Waals surface area (Å²) in [6.45, 7) is 1.83. The van der Waals surface area contributed by atoms with Gasteiger partial charge in [-0.05, 0) is 44.6 Å². The predicted octanol–water partition coefficient (Wildman–Crippen LogP) is 1.21. The van der Waals surface area contributed by atoms with Gasteiger partial charge in [0.15, 0.2) is 0 Å². The lowest BCUT2D eigenvalue weighted by atomic mass is 10.1. The molecule has 0 amide bonds. The zero-order chi connectivity index (χ0) is 9.26. The number of aryl methyl sites for hydroxylation is 2. The van der Waals surface area contributed by atoms with E-state index in [1.165, 1.54) is 29.8 Å². The van der Waals surface area contributed by atoms with Crippen molar-refractivity contribution in [2.24, 2.45) is 0 Å². The number of aromatic nitrogens is 2. The van der Waals surface area contributed by atoms with Crippen molar-refractivity contribution < 1.29 is 5.11 Å². The van der Waals surface area contributed by atoms with Gasteiger partial charge in [-0.2, -0.15) is 5.10 Å². The quantitative estimate of drug-likeness (QED) is 0.734. The van der Waals surface area contributed by atoms with E-state index in [1.807, 2.05) is 6.92 Å². The smallest absolute Gasteiger partial charge is 0.0657 e. The van der Waals surface area contributed by atoms with E-state index in [9.17, 15) is 0 Å². The lowest BCUT2D eigenvalue weighted by molar-refractivity contribution is 0.184. The van der Waals surface area contributed by atoms with Crippen molar-refractivity contribution >= 4 is 0 Å². The minimum atomic E-state index is -0.214. The Morgan fingerprint density at radius 3 is 3.15 bits per heavy atom. The van der Waals surface area contributed by atoms with Crippen molar-refractivity contribution in [3.63, 3.8) is 0 Å². The van der Waals surface area contributed by atoms with Crippen LogP contribution < -0.4 is 0 Å². The molecule has 2 N–H and O–H groups in total. The summed E-state index contributed by atoms with van der Waals surface area (Å²) in [5.74, 6) is 0. The number of H-pyrrole nitrogens is 1. The molecule has 2 rings (SSSR count). The van der Waals surface area contributed by atoms with E-state index in [0.29, 0.717) is 0 Å². The van der Waals surface area contributed by atoms with Crippen molar-refractivity contribution in [3.8, 4) is 0 Å². The average molecular weight is 180 g/mol. The molecule has 1 aromatic rings. The van der Waals surface area contributed by atoms with Crippen LogP contribution in [0.15, 0.2) is 0 Å². The molecule has 0 saturated heterocycles. The van der Waals surface area contributed by atoms with Crippen molar-refractivity contribution in [3.05, 3.63) is 17.0 Å². The van der Waals surface area contributed by atoms with Crippen molar-refractivity contribution in [2.75, 3.05) is 0 Å². The fourth-order valence-corrected chi connectivity index (χ4v) is 1.94. The molecule has 1 aliphatic rings. The number of aliphatic hydroxyl groups is 1. The highest BCUT2D eigenvalue weighted by Crippen LogP contribution is 2.23. The molecule has 0 bridgehead atoms. The summed E-state index contributed by atoms with van der Waals surface area (Å²) in [6, 6.07) is 0. The van der Waals surface area contributed by atoms with Gasteiger partial charge in [0, 0.05) is 5.69 Å². The summed E-state index contributed by atoms with van der Waals surface area (Å²) in [5, 5.41) is 16.5. The van der Waals surface area contributed by atoms with E-state index >= 15 is 0 Å². The minimum absolute atomic E-state index is 0.214. The molecule has 3 heteroatoms. The number of rotatable bonds is 3. The Labute approximate surface area is 78.2 Å². The fraction of sp³-hybridized carbons (Fsp3) is 0.700. The van der Waals surface area contributed by atoms with Crippen LogP contribution in [0, 0.1) is 0 Å². The number of hydrogen-bond donors (Lipinski definition) is 2. The summed E-state index contributed by atoms with van der Waals surface area (Å²) in [4.78, 5) is 0. The first-order chi connectivity index (χ1) is 6.27. The molecule has 0 aliphatic heterocycles. The Balaban J connectivity index is 2.04. The molecule has 1 aromatic heterocycles. The maximum atomic E-state index is 9.16. The summed E-state index contributed by atoms with van der Waals surface area (Å²) < 4.78 is 0. The number of nitrogens with zero attached hydrogens (tertiary/aromatic N) is 1. The van der Waals surface area contributed by atoms with Gasteiger partial charge >= 0.3 is 0 Å². The summed E-state index contributed by atoms with van der Waals surface area (Å²) >= 11 is 0. The molecule has 3 nitrogen and oxygen atoms in total. The van der Waals surface area contributed by atoms with Crippen LogP contribution in [0.4, 0.5) is 0 Å². The number of nitrogens with one attached hydrogen (secondary N) is 1. The maximum absolute atomic E-state index is 9.16. The van der Waals surface area contributed by atoms with E-state index in [-0.39, 0.29) is 6.10 Å². The number of hydrogen-bond acceptors (Lipinski definition) is 2. The van der Waals surface area contributed by atoms with Gasteiger partial charge in [-0.15, -0.1) is 0 Å². The van der Waals surface area contributed by atoms with Crippen molar-refractivity contribution in [1.82, 2.24) is 10.2 Å². The topological polar surface area (TPSA) is 48.9 Å². The summed E-state index contributed by atoms with van der Waals surface area (Å²) in [7, 11) is 0. The van der Waals surface area contributed by atoms with Crippen LogP contribution in [0.2, 0.25) is 0 Å². The molecule has 0 fully saturated rings. The molecule has 72 valence electrons. The van der Waals surface area contributed by atoms with Gasteiger partial charge in [-0.3, -0.25) is 5.10 Å². The second-order valence-corrected chi connectivity index (χ2v) is 3.87. The fourth-order valence-electron chi connectivity index (χ4n) is 1.94. The zero-order valence-electron chi connectivity index (χ0n) is 8.01. The molecule has 13 heavy (non-hydrogen) atoms. The van der Waals surface area contributed by atoms with Crippen molar-refractivity contribution in [2.45, 2.75) is 45.1 Å². The predicted molar refractivity (Wildman–Crippen MR) is 50.6 cm³/mol. The monoisotopic (exact) mass is 180 g/mol. The van der Waals surface area contributed by atoms with Crippen molar-refractivity contribution in [1.29, 1.82) is 0 Å². The highest BCUT2D eigenvalue weighted by Gasteiger charge is 2.17. The minimum Gasteiger partial charge on any atom is -0.393 e. The standard InChI is InChI=1S/C10H16N2O/c1-7(13)5-6-10-8-3-2-4-9(8)11-12-10/h7,13H,2-6H2,1H3,(H,11,12)/t7-/m1/s1. The van der Waals surface area contributed by atoms with E-state index in [0.717, 1.165) is 19.3 Å². The van der Waals surface area contributed by atoms with Gasteiger partial charge in [-0.25, -0.2) is 0 Å². The highest BCUT2D eigenvalue weighted by atomic mass is 16.3. The van der Waals surface area contributed by atoms with E-state index < -0.39 is 0 Å². The molecule has 1 atom stereocenters. The molecule has 1 heterocycles. The second kappa shape index (κ2) is 3.50. The Bertz CT molecular complexity index is 291. The molecule has 0 spiro atoms. The average Bonchev–Trinajstić information content (AvgIpc) is 2.60. The Hall–Kier alpha value is -0.830. The Kier molecular flexibility index (Phi) is 2.36. The van der Waals surface area contributed by atoms with Gasteiger partial charge in [0.05, 0.1) is 11.8 Å². The van der Waals surface area contributed by atoms with Crippen LogP contribution in [0.5, 0.6) is 0 Å².